The highest BCUT2D eigenvalue weighted by atomic mass is 32.2. The van der Waals surface area contributed by atoms with E-state index in [2.05, 4.69) is 10.8 Å². The average molecular weight is 295 g/mol. The Hall–Kier alpha value is -1.98. The largest absolute Gasteiger partial charge is 0.269 e. The van der Waals surface area contributed by atoms with Crippen molar-refractivity contribution in [2.24, 2.45) is 5.92 Å². The number of hydrogen-bond acceptors (Lipinski definition) is 5. The van der Waals surface area contributed by atoms with Crippen LogP contribution in [0.2, 0.25) is 0 Å². The van der Waals surface area contributed by atoms with Gasteiger partial charge in [-0.05, 0) is 25.0 Å². The fourth-order valence-corrected chi connectivity index (χ4v) is 3.58. The van der Waals surface area contributed by atoms with Gasteiger partial charge in [-0.3, -0.25) is 10.1 Å². The summed E-state index contributed by atoms with van der Waals surface area (Å²) < 4.78 is 26.8. The number of nitrogens with one attached hydrogen (secondary N) is 1. The normalized spacial score (nSPS) is 22.4. The first kappa shape index (κ1) is 14.4. The lowest BCUT2D eigenvalue weighted by Crippen LogP contribution is -2.36. The quantitative estimate of drug-likeness (QED) is 0.669. The molecule has 20 heavy (non-hydrogen) atoms. The van der Waals surface area contributed by atoms with Crippen LogP contribution in [0.4, 0.5) is 5.69 Å². The van der Waals surface area contributed by atoms with Gasteiger partial charge in [-0.15, -0.1) is 0 Å². The number of nitro groups is 1. The van der Waals surface area contributed by atoms with E-state index in [1.807, 2.05) is 0 Å². The Labute approximate surface area is 116 Å². The Morgan fingerprint density at radius 2 is 1.95 bits per heavy atom. The maximum atomic E-state index is 12.1. The molecule has 1 aromatic carbocycles. The zero-order chi connectivity index (χ0) is 14.8. The smallest absolute Gasteiger partial charge is 0.258 e. The zero-order valence-corrected chi connectivity index (χ0v) is 11.3. The first-order chi connectivity index (χ1) is 9.44. The van der Waals surface area contributed by atoms with Gasteiger partial charge in [0.15, 0.2) is 0 Å². The molecular weight excluding hydrogens is 282 g/mol. The van der Waals surface area contributed by atoms with E-state index in [9.17, 15) is 18.5 Å². The van der Waals surface area contributed by atoms with Gasteiger partial charge in [-0.1, -0.05) is 6.42 Å². The molecule has 0 aliphatic heterocycles. The van der Waals surface area contributed by atoms with E-state index in [0.29, 0.717) is 12.8 Å². The van der Waals surface area contributed by atoms with Crippen LogP contribution >= 0.6 is 0 Å². The molecule has 2 unspecified atom stereocenters. The summed E-state index contributed by atoms with van der Waals surface area (Å²) in [6.45, 7) is 0. The lowest BCUT2D eigenvalue weighted by molar-refractivity contribution is -0.384. The minimum absolute atomic E-state index is 0.0355. The molecule has 2 atom stereocenters. The van der Waals surface area contributed by atoms with E-state index in [0.717, 1.165) is 18.6 Å². The predicted octanol–water partition coefficient (Wildman–Crippen LogP) is 1.57. The van der Waals surface area contributed by atoms with Crippen LogP contribution < -0.4 is 4.72 Å². The number of hydrogen-bond donors (Lipinski definition) is 1. The first-order valence-corrected chi connectivity index (χ1v) is 7.59. The Kier molecular flexibility index (Phi) is 4.01. The molecule has 1 fully saturated rings. The van der Waals surface area contributed by atoms with E-state index in [4.69, 9.17) is 5.26 Å². The molecule has 106 valence electrons. The molecule has 1 aromatic rings. The lowest BCUT2D eigenvalue weighted by atomic mass is 10.1. The summed E-state index contributed by atoms with van der Waals surface area (Å²) >= 11 is 0. The van der Waals surface area contributed by atoms with Crippen molar-refractivity contribution in [1.29, 1.82) is 5.26 Å². The molecule has 0 bridgehead atoms. The summed E-state index contributed by atoms with van der Waals surface area (Å²) in [5.41, 5.74) is -0.167. The van der Waals surface area contributed by atoms with Gasteiger partial charge >= 0.3 is 0 Å². The number of nitriles is 1. The molecule has 0 radical (unpaired) electrons. The number of sulfonamides is 1. The van der Waals surface area contributed by atoms with E-state index in [1.165, 1.54) is 12.1 Å². The summed E-state index contributed by atoms with van der Waals surface area (Å²) in [4.78, 5) is 9.90. The molecule has 7 nitrogen and oxygen atoms in total. The molecule has 0 aromatic heterocycles. The van der Waals surface area contributed by atoms with Crippen molar-refractivity contribution in [1.82, 2.24) is 4.72 Å². The fraction of sp³-hybridized carbons (Fsp3) is 0.417. The van der Waals surface area contributed by atoms with Crippen molar-refractivity contribution in [3.8, 4) is 6.07 Å². The number of benzene rings is 1. The van der Waals surface area contributed by atoms with Crippen molar-refractivity contribution in [2.45, 2.75) is 30.2 Å². The summed E-state index contributed by atoms with van der Waals surface area (Å²) in [6.07, 6.45) is 2.13. The molecule has 1 aliphatic carbocycles. The number of nitro benzene ring substituents is 1. The van der Waals surface area contributed by atoms with Crippen molar-refractivity contribution < 1.29 is 13.3 Å². The van der Waals surface area contributed by atoms with Crippen LogP contribution in [0.5, 0.6) is 0 Å². The topological polar surface area (TPSA) is 113 Å². The van der Waals surface area contributed by atoms with Gasteiger partial charge in [0.2, 0.25) is 10.0 Å². The number of rotatable bonds is 4. The third-order valence-corrected chi connectivity index (χ3v) is 4.85. The second kappa shape index (κ2) is 5.56. The Morgan fingerprint density at radius 1 is 1.30 bits per heavy atom. The van der Waals surface area contributed by atoms with Crippen LogP contribution in [0.3, 0.4) is 0 Å². The highest BCUT2D eigenvalue weighted by molar-refractivity contribution is 7.89. The van der Waals surface area contributed by atoms with Gasteiger partial charge in [-0.25, -0.2) is 13.1 Å². The molecule has 8 heteroatoms. The molecule has 2 rings (SSSR count). The second-order valence-electron chi connectivity index (χ2n) is 4.65. The van der Waals surface area contributed by atoms with E-state index < -0.39 is 14.9 Å². The zero-order valence-electron chi connectivity index (χ0n) is 10.5. The van der Waals surface area contributed by atoms with Crippen molar-refractivity contribution in [2.75, 3.05) is 0 Å². The van der Waals surface area contributed by atoms with Gasteiger partial charge < -0.3 is 0 Å². The molecule has 1 N–H and O–H groups in total. The average Bonchev–Trinajstić information content (AvgIpc) is 2.85. The maximum absolute atomic E-state index is 12.1. The van der Waals surface area contributed by atoms with E-state index in [-0.39, 0.29) is 22.5 Å². The van der Waals surface area contributed by atoms with Gasteiger partial charge in [0.25, 0.3) is 5.69 Å². The molecule has 0 amide bonds. The van der Waals surface area contributed by atoms with Gasteiger partial charge in [0.1, 0.15) is 0 Å². The summed E-state index contributed by atoms with van der Waals surface area (Å²) in [5.74, 6) is -0.317. The van der Waals surface area contributed by atoms with Crippen LogP contribution in [0.25, 0.3) is 0 Å². The highest BCUT2D eigenvalue weighted by Crippen LogP contribution is 2.26. The number of non-ortho nitro benzene ring substituents is 1. The predicted molar refractivity (Wildman–Crippen MR) is 70.2 cm³/mol. The first-order valence-electron chi connectivity index (χ1n) is 6.10. The SMILES string of the molecule is N#CC1CCCC1NS(=O)(=O)c1ccc([N+](=O)[O-])cc1. The van der Waals surface area contributed by atoms with Gasteiger partial charge in [-0.2, -0.15) is 5.26 Å². The van der Waals surface area contributed by atoms with Crippen LogP contribution in [0.1, 0.15) is 19.3 Å². The Morgan fingerprint density at radius 3 is 2.50 bits per heavy atom. The molecule has 0 heterocycles. The number of nitrogens with zero attached hydrogens (tertiary/aromatic N) is 2. The summed E-state index contributed by atoms with van der Waals surface area (Å²) in [5, 5.41) is 19.5. The van der Waals surface area contributed by atoms with Crippen molar-refractivity contribution in [3.63, 3.8) is 0 Å². The fourth-order valence-electron chi connectivity index (χ4n) is 2.27. The minimum atomic E-state index is -3.75. The third-order valence-electron chi connectivity index (χ3n) is 3.35. The van der Waals surface area contributed by atoms with Gasteiger partial charge in [0, 0.05) is 18.2 Å². The van der Waals surface area contributed by atoms with Crippen LogP contribution in [-0.2, 0) is 10.0 Å². The van der Waals surface area contributed by atoms with E-state index in [1.54, 1.807) is 0 Å². The Balaban J connectivity index is 2.18. The lowest BCUT2D eigenvalue weighted by Gasteiger charge is -2.15. The van der Waals surface area contributed by atoms with E-state index >= 15 is 0 Å². The highest BCUT2D eigenvalue weighted by Gasteiger charge is 2.31. The maximum Gasteiger partial charge on any atom is 0.269 e. The monoisotopic (exact) mass is 295 g/mol. The molecule has 0 spiro atoms. The molecular formula is C12H13N3O4S. The summed E-state index contributed by atoms with van der Waals surface area (Å²) in [7, 11) is -3.75. The molecule has 0 saturated heterocycles. The second-order valence-corrected chi connectivity index (χ2v) is 6.36. The van der Waals surface area contributed by atoms with Gasteiger partial charge in [0.05, 0.1) is 21.8 Å². The Bertz CT molecular complexity index is 648. The van der Waals surface area contributed by atoms with Crippen LogP contribution in [-0.4, -0.2) is 19.4 Å². The van der Waals surface area contributed by atoms with Crippen molar-refractivity contribution in [3.05, 3.63) is 34.4 Å². The molecule has 1 aliphatic rings. The molecule has 1 saturated carbocycles. The third kappa shape index (κ3) is 2.95. The standard InChI is InChI=1S/C12H13N3O4S/c13-8-9-2-1-3-12(9)14-20(18,19)11-6-4-10(5-7-11)15(16)17/h4-7,9,12,14H,1-3H2. The van der Waals surface area contributed by atoms with Crippen LogP contribution in [0, 0.1) is 27.4 Å². The minimum Gasteiger partial charge on any atom is -0.258 e. The van der Waals surface area contributed by atoms with Crippen molar-refractivity contribution >= 4 is 15.7 Å². The van der Waals surface area contributed by atoms with Crippen LogP contribution in [0.15, 0.2) is 29.2 Å². The summed E-state index contributed by atoms with van der Waals surface area (Å²) in [6, 6.07) is 6.38.